The van der Waals surface area contributed by atoms with Gasteiger partial charge in [-0.25, -0.2) is 0 Å². The third-order valence-corrected chi connectivity index (χ3v) is 7.04. The van der Waals surface area contributed by atoms with E-state index in [-0.39, 0.29) is 5.92 Å². The number of ether oxygens (including phenoxy) is 3. The summed E-state index contributed by atoms with van der Waals surface area (Å²) in [5.74, 6) is 0.240. The van der Waals surface area contributed by atoms with Gasteiger partial charge in [-0.15, -0.1) is 0 Å². The lowest BCUT2D eigenvalue weighted by Gasteiger charge is -2.35. The molecule has 0 saturated carbocycles. The molecule has 0 bridgehead atoms. The standard InChI is InChI=1S/C25H35Cl2N3O3S/c1-2-30-17-23(22-15-20(26)16-25(27)24(22)18-30)19-4-3-5-21(14-19)34-29-7-9-32-11-13-33-12-10-31-8-6-28/h3-5,14-16,23,29H,2,6-13,17-18,28H2,1H3. The third kappa shape index (κ3) is 8.66. The molecule has 1 atom stereocenters. The molecule has 1 aliphatic heterocycles. The van der Waals surface area contributed by atoms with Crippen LogP contribution in [0.1, 0.15) is 29.5 Å². The largest absolute Gasteiger partial charge is 0.378 e. The summed E-state index contributed by atoms with van der Waals surface area (Å²) < 4.78 is 19.7. The highest BCUT2D eigenvalue weighted by Crippen LogP contribution is 2.39. The minimum Gasteiger partial charge on any atom is -0.378 e. The van der Waals surface area contributed by atoms with E-state index in [9.17, 15) is 0 Å². The van der Waals surface area contributed by atoms with E-state index >= 15 is 0 Å². The molecule has 34 heavy (non-hydrogen) atoms. The molecule has 6 nitrogen and oxygen atoms in total. The van der Waals surface area contributed by atoms with Crippen LogP contribution in [0.2, 0.25) is 10.0 Å². The van der Waals surface area contributed by atoms with Gasteiger partial charge < -0.3 is 19.9 Å². The summed E-state index contributed by atoms with van der Waals surface area (Å²) in [6, 6.07) is 12.6. The summed E-state index contributed by atoms with van der Waals surface area (Å²) in [4.78, 5) is 3.60. The van der Waals surface area contributed by atoms with E-state index in [2.05, 4.69) is 46.9 Å². The van der Waals surface area contributed by atoms with Gasteiger partial charge >= 0.3 is 0 Å². The Morgan fingerprint density at radius 1 is 1.03 bits per heavy atom. The molecule has 3 N–H and O–H groups in total. The number of rotatable bonds is 15. The quantitative estimate of drug-likeness (QED) is 0.259. The van der Waals surface area contributed by atoms with Crippen LogP contribution in [0.25, 0.3) is 0 Å². The highest BCUT2D eigenvalue weighted by Gasteiger charge is 2.28. The SMILES string of the molecule is CCN1Cc2c(Cl)cc(Cl)cc2C(c2cccc(SNCCOCCOCCOCCN)c2)C1. The number of nitrogens with two attached hydrogens (primary N) is 1. The minimum absolute atomic E-state index is 0.240. The van der Waals surface area contributed by atoms with E-state index in [4.69, 9.17) is 43.1 Å². The number of hydrogen-bond donors (Lipinski definition) is 2. The molecule has 0 aromatic heterocycles. The van der Waals surface area contributed by atoms with Crippen molar-refractivity contribution in [3.63, 3.8) is 0 Å². The molecule has 0 aliphatic carbocycles. The van der Waals surface area contributed by atoms with Crippen LogP contribution in [-0.2, 0) is 20.8 Å². The van der Waals surface area contributed by atoms with E-state index in [1.807, 2.05) is 6.07 Å². The van der Waals surface area contributed by atoms with Gasteiger partial charge in [0.15, 0.2) is 0 Å². The van der Waals surface area contributed by atoms with Crippen molar-refractivity contribution in [3.8, 4) is 0 Å². The maximum Gasteiger partial charge on any atom is 0.0701 e. The fraction of sp³-hybridized carbons (Fsp3) is 0.520. The average molecular weight is 529 g/mol. The maximum atomic E-state index is 6.56. The fourth-order valence-electron chi connectivity index (χ4n) is 3.94. The number of nitrogens with zero attached hydrogens (tertiary/aromatic N) is 1. The van der Waals surface area contributed by atoms with Crippen molar-refractivity contribution in [2.24, 2.45) is 5.73 Å². The molecular formula is C25H35Cl2N3O3S. The lowest BCUT2D eigenvalue weighted by molar-refractivity contribution is 0.0172. The van der Waals surface area contributed by atoms with Gasteiger partial charge in [-0.05, 0) is 59.4 Å². The van der Waals surface area contributed by atoms with Gasteiger partial charge in [-0.3, -0.25) is 9.62 Å². The van der Waals surface area contributed by atoms with Crippen molar-refractivity contribution in [2.45, 2.75) is 24.3 Å². The van der Waals surface area contributed by atoms with Crippen LogP contribution >= 0.6 is 35.1 Å². The van der Waals surface area contributed by atoms with Crippen molar-refractivity contribution in [2.75, 3.05) is 65.8 Å². The summed E-state index contributed by atoms with van der Waals surface area (Å²) in [6.07, 6.45) is 0. The number of nitrogens with one attached hydrogen (secondary N) is 1. The van der Waals surface area contributed by atoms with Gasteiger partial charge in [0.2, 0.25) is 0 Å². The van der Waals surface area contributed by atoms with Crippen molar-refractivity contribution >= 4 is 35.1 Å². The Kier molecular flexibility index (Phi) is 12.5. The Morgan fingerprint density at radius 2 is 1.76 bits per heavy atom. The topological polar surface area (TPSA) is 69.0 Å². The summed E-state index contributed by atoms with van der Waals surface area (Å²) in [5, 5.41) is 1.44. The number of benzene rings is 2. The van der Waals surface area contributed by atoms with Gasteiger partial charge in [0.05, 0.1) is 39.6 Å². The Labute approximate surface area is 217 Å². The van der Waals surface area contributed by atoms with Crippen LogP contribution < -0.4 is 10.5 Å². The van der Waals surface area contributed by atoms with E-state index in [0.717, 1.165) is 31.2 Å². The zero-order valence-corrected chi connectivity index (χ0v) is 22.1. The number of fused-ring (bicyclic) bond motifs is 1. The molecule has 3 rings (SSSR count). The average Bonchev–Trinajstić information content (AvgIpc) is 2.84. The van der Waals surface area contributed by atoms with Crippen LogP contribution in [0.5, 0.6) is 0 Å². The Morgan fingerprint density at radius 3 is 2.50 bits per heavy atom. The highest BCUT2D eigenvalue weighted by atomic mass is 35.5. The summed E-state index contributed by atoms with van der Waals surface area (Å²) in [5.41, 5.74) is 9.05. The molecule has 2 aromatic rings. The Hall–Kier alpha value is -0.870. The van der Waals surface area contributed by atoms with Gasteiger partial charge in [0.25, 0.3) is 0 Å². The monoisotopic (exact) mass is 527 g/mol. The summed E-state index contributed by atoms with van der Waals surface area (Å²) in [7, 11) is 0. The van der Waals surface area contributed by atoms with Crippen LogP contribution in [0.4, 0.5) is 0 Å². The first-order valence-corrected chi connectivity index (χ1v) is 13.3. The van der Waals surface area contributed by atoms with E-state index < -0.39 is 0 Å². The summed E-state index contributed by atoms with van der Waals surface area (Å²) >= 11 is 14.5. The first-order chi connectivity index (χ1) is 16.6. The second-order valence-corrected chi connectivity index (χ2v) is 9.84. The number of halogens is 2. The van der Waals surface area contributed by atoms with Crippen molar-refractivity contribution in [1.82, 2.24) is 9.62 Å². The van der Waals surface area contributed by atoms with E-state index in [1.165, 1.54) is 21.6 Å². The van der Waals surface area contributed by atoms with Crippen LogP contribution in [0.3, 0.4) is 0 Å². The van der Waals surface area contributed by atoms with Gasteiger partial charge in [-0.2, -0.15) is 0 Å². The van der Waals surface area contributed by atoms with E-state index in [1.54, 1.807) is 11.9 Å². The molecule has 188 valence electrons. The van der Waals surface area contributed by atoms with Gasteiger partial charge in [0, 0.05) is 47.0 Å². The normalized spacial score (nSPS) is 16.1. The highest BCUT2D eigenvalue weighted by molar-refractivity contribution is 7.97. The van der Waals surface area contributed by atoms with Crippen molar-refractivity contribution < 1.29 is 14.2 Å². The lowest BCUT2D eigenvalue weighted by atomic mass is 9.84. The third-order valence-electron chi connectivity index (χ3n) is 5.65. The number of likely N-dealkylation sites (N-methyl/N-ethyl adjacent to an activating group) is 1. The Balaban J connectivity index is 1.45. The summed E-state index contributed by atoms with van der Waals surface area (Å²) in [6.45, 7) is 9.73. The molecule has 1 heterocycles. The van der Waals surface area contributed by atoms with Gasteiger partial charge in [0.1, 0.15) is 0 Å². The molecule has 0 radical (unpaired) electrons. The van der Waals surface area contributed by atoms with Crippen LogP contribution in [0.15, 0.2) is 41.3 Å². The van der Waals surface area contributed by atoms with Crippen LogP contribution in [-0.4, -0.2) is 70.7 Å². The van der Waals surface area contributed by atoms with Crippen LogP contribution in [0, 0.1) is 0 Å². The molecule has 0 fully saturated rings. The van der Waals surface area contributed by atoms with Crippen molar-refractivity contribution in [3.05, 3.63) is 63.1 Å². The molecule has 0 spiro atoms. The van der Waals surface area contributed by atoms with Crippen molar-refractivity contribution in [1.29, 1.82) is 0 Å². The van der Waals surface area contributed by atoms with Gasteiger partial charge in [-0.1, -0.05) is 42.3 Å². The van der Waals surface area contributed by atoms with E-state index in [0.29, 0.717) is 51.2 Å². The Bertz CT molecular complexity index is 890. The molecule has 9 heteroatoms. The molecule has 2 aromatic carbocycles. The smallest absolute Gasteiger partial charge is 0.0701 e. The second kappa shape index (κ2) is 15.3. The number of hydrogen-bond acceptors (Lipinski definition) is 7. The predicted molar refractivity (Wildman–Crippen MR) is 141 cm³/mol. The minimum atomic E-state index is 0.240. The molecule has 0 amide bonds. The molecule has 1 unspecified atom stereocenters. The lowest BCUT2D eigenvalue weighted by Crippen LogP contribution is -2.34. The first-order valence-electron chi connectivity index (χ1n) is 11.8. The zero-order chi connectivity index (χ0) is 24.2. The fourth-order valence-corrected chi connectivity index (χ4v) is 5.20. The molecule has 1 aliphatic rings. The molecular weight excluding hydrogens is 493 g/mol. The first kappa shape index (κ1) is 27.7. The maximum absolute atomic E-state index is 6.56. The molecule has 0 saturated heterocycles. The second-order valence-electron chi connectivity index (χ2n) is 8.03. The zero-order valence-electron chi connectivity index (χ0n) is 19.7. The predicted octanol–water partition coefficient (Wildman–Crippen LogP) is 4.57.